The zero-order valence-corrected chi connectivity index (χ0v) is 15.0. The first-order valence-electron chi connectivity index (χ1n) is 9.55. The van der Waals surface area contributed by atoms with Crippen LogP contribution in [-0.4, -0.2) is 0 Å². The number of rotatable bonds is 3. The van der Waals surface area contributed by atoms with Crippen molar-refractivity contribution in [2.45, 2.75) is 31.6 Å². The summed E-state index contributed by atoms with van der Waals surface area (Å²) < 4.78 is 64.2. The van der Waals surface area contributed by atoms with Crippen LogP contribution in [0.25, 0.3) is 10.8 Å². The molecule has 3 aromatic rings. The van der Waals surface area contributed by atoms with Gasteiger partial charge in [0, 0.05) is 5.56 Å². The molecular formula is C23H18F4O. The second-order valence-corrected chi connectivity index (χ2v) is 7.89. The van der Waals surface area contributed by atoms with E-state index in [0.717, 1.165) is 30.0 Å². The Morgan fingerprint density at radius 3 is 2.11 bits per heavy atom. The Balaban J connectivity index is 1.54. The monoisotopic (exact) mass is 386 g/mol. The Labute approximate surface area is 159 Å². The maximum Gasteiger partial charge on any atom is 0.204 e. The van der Waals surface area contributed by atoms with Gasteiger partial charge in [0.15, 0.2) is 11.6 Å². The minimum absolute atomic E-state index is 0.0973. The maximum atomic E-state index is 14.8. The van der Waals surface area contributed by atoms with Gasteiger partial charge in [-0.1, -0.05) is 36.8 Å². The number of benzene rings is 3. The van der Waals surface area contributed by atoms with E-state index in [9.17, 15) is 17.6 Å². The molecule has 5 heteroatoms. The van der Waals surface area contributed by atoms with Gasteiger partial charge in [0.05, 0.1) is 0 Å². The molecule has 2 bridgehead atoms. The molecule has 0 unspecified atom stereocenters. The van der Waals surface area contributed by atoms with Crippen LogP contribution < -0.4 is 4.74 Å². The van der Waals surface area contributed by atoms with Crippen LogP contribution in [-0.2, 0) is 0 Å². The Hall–Kier alpha value is -2.56. The number of halogens is 4. The van der Waals surface area contributed by atoms with Gasteiger partial charge in [-0.25, -0.2) is 8.78 Å². The van der Waals surface area contributed by atoms with E-state index >= 15 is 0 Å². The van der Waals surface area contributed by atoms with Crippen LogP contribution in [0.15, 0.2) is 42.5 Å². The summed E-state index contributed by atoms with van der Waals surface area (Å²) in [6.45, 7) is 0. The molecule has 2 aliphatic rings. The number of hydrogen-bond donors (Lipinski definition) is 0. The summed E-state index contributed by atoms with van der Waals surface area (Å²) in [5.41, 5.74) is -0.451. The first kappa shape index (κ1) is 17.5. The van der Waals surface area contributed by atoms with Crippen LogP contribution in [0, 0.1) is 35.1 Å². The number of ether oxygens (including phenoxy) is 1. The van der Waals surface area contributed by atoms with Crippen LogP contribution in [0.5, 0.6) is 11.5 Å². The molecule has 0 aromatic heterocycles. The molecule has 3 aromatic carbocycles. The van der Waals surface area contributed by atoms with Crippen molar-refractivity contribution in [2.75, 3.05) is 0 Å². The van der Waals surface area contributed by atoms with E-state index in [1.165, 1.54) is 6.07 Å². The molecule has 28 heavy (non-hydrogen) atoms. The Kier molecular flexibility index (Phi) is 4.07. The summed E-state index contributed by atoms with van der Waals surface area (Å²) in [6, 6.07) is 12.2. The molecule has 0 saturated heterocycles. The fourth-order valence-electron chi connectivity index (χ4n) is 4.99. The minimum Gasteiger partial charge on any atom is -0.451 e. The third-order valence-corrected chi connectivity index (χ3v) is 6.31. The van der Waals surface area contributed by atoms with E-state index in [-0.39, 0.29) is 11.7 Å². The van der Waals surface area contributed by atoms with Crippen molar-refractivity contribution >= 4 is 10.8 Å². The van der Waals surface area contributed by atoms with E-state index in [4.69, 9.17) is 4.74 Å². The predicted molar refractivity (Wildman–Crippen MR) is 98.5 cm³/mol. The standard InChI is InChI=1S/C23H18F4O/c24-19-18(17-10-12-5-6-15(17)9-12)20(25)22(27)23(21(19)26)28-16-8-7-13-3-1-2-4-14(13)11-16/h1-4,7-8,11-12,15,17H,5-6,9-10H2/t12-,15+,17+/m0/s1. The maximum absolute atomic E-state index is 14.8. The molecule has 0 amide bonds. The average Bonchev–Trinajstić information content (AvgIpc) is 3.33. The van der Waals surface area contributed by atoms with Crippen molar-refractivity contribution in [2.24, 2.45) is 11.8 Å². The predicted octanol–water partition coefficient (Wildman–Crippen LogP) is 7.09. The second-order valence-electron chi connectivity index (χ2n) is 7.89. The van der Waals surface area contributed by atoms with Gasteiger partial charge >= 0.3 is 0 Å². The number of fused-ring (bicyclic) bond motifs is 3. The van der Waals surface area contributed by atoms with Crippen molar-refractivity contribution in [1.82, 2.24) is 0 Å². The van der Waals surface area contributed by atoms with Crippen LogP contribution in [0.3, 0.4) is 0 Å². The van der Waals surface area contributed by atoms with Crippen molar-refractivity contribution in [3.8, 4) is 11.5 Å². The van der Waals surface area contributed by atoms with Gasteiger partial charge in [-0.3, -0.25) is 0 Å². The van der Waals surface area contributed by atoms with E-state index in [1.54, 1.807) is 12.1 Å². The van der Waals surface area contributed by atoms with Gasteiger partial charge in [0.2, 0.25) is 17.4 Å². The summed E-state index contributed by atoms with van der Waals surface area (Å²) >= 11 is 0. The lowest BCUT2D eigenvalue weighted by Crippen LogP contribution is -2.15. The minimum atomic E-state index is -1.47. The molecule has 0 N–H and O–H groups in total. The highest BCUT2D eigenvalue weighted by atomic mass is 19.2. The van der Waals surface area contributed by atoms with Crippen LogP contribution >= 0.6 is 0 Å². The second kappa shape index (κ2) is 6.50. The Morgan fingerprint density at radius 1 is 0.750 bits per heavy atom. The summed E-state index contributed by atoms with van der Waals surface area (Å²) in [6.07, 6.45) is 3.34. The highest BCUT2D eigenvalue weighted by Gasteiger charge is 2.44. The topological polar surface area (TPSA) is 9.23 Å². The first-order chi connectivity index (χ1) is 13.5. The lowest BCUT2D eigenvalue weighted by atomic mass is 9.82. The largest absolute Gasteiger partial charge is 0.451 e. The SMILES string of the molecule is Fc1c(F)c([C@@H]2C[C@H]3CC[C@@H]2C3)c(F)c(F)c1Oc1ccc2ccccc2c1. The van der Waals surface area contributed by atoms with Crippen molar-refractivity contribution in [3.05, 3.63) is 71.3 Å². The zero-order valence-electron chi connectivity index (χ0n) is 15.0. The Bertz CT molecular complexity index is 1050. The van der Waals surface area contributed by atoms with E-state index in [1.807, 2.05) is 24.3 Å². The first-order valence-corrected chi connectivity index (χ1v) is 9.55. The fraction of sp³-hybridized carbons (Fsp3) is 0.304. The van der Waals surface area contributed by atoms with Gasteiger partial charge in [-0.05, 0) is 59.9 Å². The third kappa shape index (κ3) is 2.67. The van der Waals surface area contributed by atoms with E-state index < -0.39 is 40.5 Å². The van der Waals surface area contributed by atoms with Crippen LogP contribution in [0.2, 0.25) is 0 Å². The smallest absolute Gasteiger partial charge is 0.204 e. The number of hydrogen-bond acceptors (Lipinski definition) is 1. The van der Waals surface area contributed by atoms with Gasteiger partial charge in [0.25, 0.3) is 0 Å². The van der Waals surface area contributed by atoms with Crippen molar-refractivity contribution in [1.29, 1.82) is 0 Å². The molecule has 144 valence electrons. The lowest BCUT2D eigenvalue weighted by Gasteiger charge is -2.24. The normalized spacial score (nSPS) is 23.5. The molecule has 0 aliphatic heterocycles. The molecule has 5 rings (SSSR count). The van der Waals surface area contributed by atoms with Gasteiger partial charge < -0.3 is 4.74 Å². The highest BCUT2D eigenvalue weighted by Crippen LogP contribution is 2.54. The van der Waals surface area contributed by atoms with E-state index in [0.29, 0.717) is 12.3 Å². The van der Waals surface area contributed by atoms with E-state index in [2.05, 4.69) is 0 Å². The summed E-state index contributed by atoms with van der Waals surface area (Å²) in [4.78, 5) is 0. The quantitative estimate of drug-likeness (QED) is 0.345. The molecular weight excluding hydrogens is 368 g/mol. The zero-order chi connectivity index (χ0) is 19.4. The van der Waals surface area contributed by atoms with Crippen LogP contribution in [0.1, 0.15) is 37.2 Å². The molecule has 0 spiro atoms. The van der Waals surface area contributed by atoms with Gasteiger partial charge in [-0.15, -0.1) is 0 Å². The molecule has 2 aliphatic carbocycles. The molecule has 1 nitrogen and oxygen atoms in total. The summed E-state index contributed by atoms with van der Waals surface area (Å²) in [5.74, 6) is -6.47. The lowest BCUT2D eigenvalue weighted by molar-refractivity contribution is 0.337. The third-order valence-electron chi connectivity index (χ3n) is 6.31. The molecule has 2 fully saturated rings. The van der Waals surface area contributed by atoms with Crippen molar-refractivity contribution < 1.29 is 22.3 Å². The van der Waals surface area contributed by atoms with Gasteiger partial charge in [0.1, 0.15) is 5.75 Å². The average molecular weight is 386 g/mol. The van der Waals surface area contributed by atoms with Crippen molar-refractivity contribution in [3.63, 3.8) is 0 Å². The molecule has 3 atom stereocenters. The summed E-state index contributed by atoms with van der Waals surface area (Å²) in [5, 5.41) is 1.71. The summed E-state index contributed by atoms with van der Waals surface area (Å²) in [7, 11) is 0. The Morgan fingerprint density at radius 2 is 1.46 bits per heavy atom. The molecule has 0 radical (unpaired) electrons. The molecule has 2 saturated carbocycles. The van der Waals surface area contributed by atoms with Gasteiger partial charge in [-0.2, -0.15) is 8.78 Å². The highest BCUT2D eigenvalue weighted by molar-refractivity contribution is 5.83. The fourth-order valence-corrected chi connectivity index (χ4v) is 4.99. The molecule has 0 heterocycles. The van der Waals surface area contributed by atoms with Crippen LogP contribution in [0.4, 0.5) is 17.6 Å².